The minimum Gasteiger partial charge on any atom is -0.481 e. The van der Waals surface area contributed by atoms with Gasteiger partial charge in [-0.25, -0.2) is 18.1 Å². The number of ether oxygens (including phenoxy) is 1. The van der Waals surface area contributed by atoms with Gasteiger partial charge in [-0.3, -0.25) is 0 Å². The number of methoxy groups -OCH3 is 1. The van der Waals surface area contributed by atoms with Gasteiger partial charge >= 0.3 is 0 Å². The number of rotatable bonds is 4. The van der Waals surface area contributed by atoms with Crippen LogP contribution in [-0.4, -0.2) is 25.5 Å². The molecule has 0 aliphatic carbocycles. The van der Waals surface area contributed by atoms with Gasteiger partial charge in [0, 0.05) is 15.0 Å². The lowest BCUT2D eigenvalue weighted by Crippen LogP contribution is -2.16. The quantitative estimate of drug-likeness (QED) is 0.711. The van der Waals surface area contributed by atoms with Gasteiger partial charge in [0.15, 0.2) is 0 Å². The predicted octanol–water partition coefficient (Wildman–Crippen LogP) is 3.46. The van der Waals surface area contributed by atoms with E-state index in [0.717, 1.165) is 0 Å². The van der Waals surface area contributed by atoms with E-state index in [0.29, 0.717) is 8.95 Å². The van der Waals surface area contributed by atoms with Gasteiger partial charge in [-0.2, -0.15) is 4.98 Å². The van der Waals surface area contributed by atoms with Gasteiger partial charge in [0.2, 0.25) is 11.8 Å². The molecule has 0 saturated heterocycles. The van der Waals surface area contributed by atoms with Crippen LogP contribution in [0, 0.1) is 0 Å². The molecule has 0 radical (unpaired) electrons. The van der Waals surface area contributed by atoms with Crippen LogP contribution in [0.15, 0.2) is 38.1 Å². The van der Waals surface area contributed by atoms with E-state index in [1.807, 2.05) is 0 Å². The third-order valence-electron chi connectivity index (χ3n) is 2.29. The zero-order valence-electron chi connectivity index (χ0n) is 10.5. The lowest BCUT2D eigenvalue weighted by molar-refractivity contribution is 0.397. The molecule has 0 aliphatic rings. The van der Waals surface area contributed by atoms with Crippen LogP contribution in [0.5, 0.6) is 5.88 Å². The number of sulfonamides is 1. The molecular formula is C11H8Br2ClN3O3S. The lowest BCUT2D eigenvalue weighted by atomic mass is 10.4. The molecule has 1 aromatic carbocycles. The van der Waals surface area contributed by atoms with Gasteiger partial charge < -0.3 is 4.74 Å². The molecule has 21 heavy (non-hydrogen) atoms. The van der Waals surface area contributed by atoms with E-state index in [9.17, 15) is 8.42 Å². The van der Waals surface area contributed by atoms with Crippen LogP contribution in [0.3, 0.4) is 0 Å². The average molecular weight is 458 g/mol. The van der Waals surface area contributed by atoms with Crippen molar-refractivity contribution in [2.45, 2.75) is 4.90 Å². The molecule has 0 unspecified atom stereocenters. The molecule has 0 amide bonds. The third-order valence-corrected chi connectivity index (χ3v) is 5.30. The molecule has 0 bridgehead atoms. The van der Waals surface area contributed by atoms with Crippen molar-refractivity contribution >= 4 is 59.4 Å². The van der Waals surface area contributed by atoms with Crippen LogP contribution in [0.1, 0.15) is 0 Å². The smallest absolute Gasteiger partial charge is 0.265 e. The van der Waals surface area contributed by atoms with E-state index in [4.69, 9.17) is 16.3 Å². The molecule has 1 N–H and O–H groups in total. The van der Waals surface area contributed by atoms with Crippen LogP contribution in [0.2, 0.25) is 5.15 Å². The Hall–Kier alpha value is -0.900. The van der Waals surface area contributed by atoms with Gasteiger partial charge in [-0.1, -0.05) is 27.5 Å². The Labute approximate surface area is 143 Å². The second-order valence-electron chi connectivity index (χ2n) is 3.74. The standard InChI is InChI=1S/C11H8Br2ClN3O3S/c1-20-10-5-9(14)15-11(16-10)17-21(18,19)8-4-6(12)2-3-7(8)13/h2-5H,1H3,(H,15,16,17). The molecular weight excluding hydrogens is 449 g/mol. The maximum Gasteiger partial charge on any atom is 0.265 e. The monoisotopic (exact) mass is 455 g/mol. The minimum atomic E-state index is -3.87. The summed E-state index contributed by atoms with van der Waals surface area (Å²) in [4.78, 5) is 7.72. The fraction of sp³-hybridized carbons (Fsp3) is 0.0909. The van der Waals surface area contributed by atoms with Crippen molar-refractivity contribution in [1.82, 2.24) is 9.97 Å². The van der Waals surface area contributed by atoms with E-state index in [1.54, 1.807) is 12.1 Å². The van der Waals surface area contributed by atoms with Crippen molar-refractivity contribution < 1.29 is 13.2 Å². The first-order valence-electron chi connectivity index (χ1n) is 5.38. The normalized spacial score (nSPS) is 11.2. The Morgan fingerprint density at radius 3 is 2.62 bits per heavy atom. The Kier molecular flexibility index (Phi) is 5.07. The molecule has 0 aliphatic heterocycles. The molecule has 0 atom stereocenters. The van der Waals surface area contributed by atoms with Crippen molar-refractivity contribution in [2.24, 2.45) is 0 Å². The topological polar surface area (TPSA) is 81.2 Å². The van der Waals surface area contributed by atoms with Gasteiger partial charge in [-0.05, 0) is 34.1 Å². The van der Waals surface area contributed by atoms with Gasteiger partial charge in [0.05, 0.1) is 7.11 Å². The summed E-state index contributed by atoms with van der Waals surface area (Å²) in [7, 11) is -2.48. The number of anilines is 1. The van der Waals surface area contributed by atoms with Gasteiger partial charge in [0.1, 0.15) is 10.0 Å². The molecule has 2 rings (SSSR count). The van der Waals surface area contributed by atoms with Crippen molar-refractivity contribution in [3.8, 4) is 5.88 Å². The lowest BCUT2D eigenvalue weighted by Gasteiger charge is -2.09. The highest BCUT2D eigenvalue weighted by atomic mass is 79.9. The fourth-order valence-electron chi connectivity index (χ4n) is 1.41. The van der Waals surface area contributed by atoms with Crippen molar-refractivity contribution in [1.29, 1.82) is 0 Å². The molecule has 112 valence electrons. The van der Waals surface area contributed by atoms with Crippen LogP contribution >= 0.6 is 43.5 Å². The minimum absolute atomic E-state index is 0.0411. The predicted molar refractivity (Wildman–Crippen MR) is 86.2 cm³/mol. The van der Waals surface area contributed by atoms with Crippen LogP contribution < -0.4 is 9.46 Å². The summed E-state index contributed by atoms with van der Waals surface area (Å²) in [5, 5.41) is 0.0628. The largest absolute Gasteiger partial charge is 0.481 e. The molecule has 2 aromatic rings. The highest BCUT2D eigenvalue weighted by molar-refractivity contribution is 9.11. The Morgan fingerprint density at radius 2 is 1.95 bits per heavy atom. The summed E-state index contributed by atoms with van der Waals surface area (Å²) in [6.07, 6.45) is 0. The highest BCUT2D eigenvalue weighted by Gasteiger charge is 2.20. The van der Waals surface area contributed by atoms with Crippen LogP contribution in [0.4, 0.5) is 5.95 Å². The SMILES string of the molecule is COc1cc(Cl)nc(NS(=O)(=O)c2cc(Br)ccc2Br)n1. The molecule has 0 saturated carbocycles. The van der Waals surface area contributed by atoms with Crippen molar-refractivity contribution in [2.75, 3.05) is 11.8 Å². The summed E-state index contributed by atoms with van der Waals surface area (Å²) >= 11 is 12.2. The molecule has 0 spiro atoms. The van der Waals surface area contributed by atoms with Gasteiger partial charge in [-0.15, -0.1) is 0 Å². The van der Waals surface area contributed by atoms with Crippen LogP contribution in [-0.2, 0) is 10.0 Å². The maximum absolute atomic E-state index is 12.4. The number of nitrogens with zero attached hydrogens (tertiary/aromatic N) is 2. The number of halogens is 3. The summed E-state index contributed by atoms with van der Waals surface area (Å²) in [6, 6.07) is 6.14. The van der Waals surface area contributed by atoms with E-state index in [2.05, 4.69) is 46.5 Å². The van der Waals surface area contributed by atoms with Crippen molar-refractivity contribution in [3.05, 3.63) is 38.4 Å². The van der Waals surface area contributed by atoms with Gasteiger partial charge in [0.25, 0.3) is 10.0 Å². The summed E-state index contributed by atoms with van der Waals surface area (Å²) in [5.41, 5.74) is 0. The first kappa shape index (κ1) is 16.5. The van der Waals surface area contributed by atoms with E-state index in [-0.39, 0.29) is 21.9 Å². The van der Waals surface area contributed by atoms with Crippen LogP contribution in [0.25, 0.3) is 0 Å². The number of hydrogen-bond donors (Lipinski definition) is 1. The Morgan fingerprint density at radius 1 is 1.24 bits per heavy atom. The molecule has 10 heteroatoms. The first-order chi connectivity index (χ1) is 9.81. The molecule has 1 heterocycles. The zero-order valence-corrected chi connectivity index (χ0v) is 15.2. The van der Waals surface area contributed by atoms with E-state index < -0.39 is 10.0 Å². The number of benzene rings is 1. The summed E-state index contributed by atoms with van der Waals surface area (Å²) in [5.74, 6) is -0.0211. The summed E-state index contributed by atoms with van der Waals surface area (Å²) < 4.78 is 32.9. The third kappa shape index (κ3) is 4.06. The second kappa shape index (κ2) is 6.47. The van der Waals surface area contributed by atoms with Crippen molar-refractivity contribution in [3.63, 3.8) is 0 Å². The Balaban J connectivity index is 2.42. The average Bonchev–Trinajstić information content (AvgIpc) is 2.40. The Bertz CT molecular complexity index is 786. The summed E-state index contributed by atoms with van der Waals surface area (Å²) in [6.45, 7) is 0. The second-order valence-corrected chi connectivity index (χ2v) is 7.54. The first-order valence-corrected chi connectivity index (χ1v) is 8.83. The van der Waals surface area contributed by atoms with E-state index >= 15 is 0 Å². The molecule has 1 aromatic heterocycles. The number of hydrogen-bond acceptors (Lipinski definition) is 5. The highest BCUT2D eigenvalue weighted by Crippen LogP contribution is 2.27. The number of nitrogens with one attached hydrogen (secondary N) is 1. The number of aromatic nitrogens is 2. The van der Waals surface area contributed by atoms with E-state index in [1.165, 1.54) is 19.2 Å². The molecule has 6 nitrogen and oxygen atoms in total. The zero-order chi connectivity index (χ0) is 15.6. The fourth-order valence-corrected chi connectivity index (χ4v) is 4.03. The maximum atomic E-state index is 12.4. The molecule has 0 fully saturated rings.